The van der Waals surface area contributed by atoms with Crippen molar-refractivity contribution in [1.29, 1.82) is 0 Å². The van der Waals surface area contributed by atoms with E-state index in [2.05, 4.69) is 12.0 Å². The van der Waals surface area contributed by atoms with Crippen molar-refractivity contribution < 1.29 is 9.18 Å². The van der Waals surface area contributed by atoms with Gasteiger partial charge in [0.05, 0.1) is 5.69 Å². The van der Waals surface area contributed by atoms with Gasteiger partial charge in [0, 0.05) is 23.8 Å². The summed E-state index contributed by atoms with van der Waals surface area (Å²) in [6.45, 7) is 6.33. The quantitative estimate of drug-likeness (QED) is 0.863. The smallest absolute Gasteiger partial charge is 0.251 e. The first-order valence-electron chi connectivity index (χ1n) is 8.53. The molecule has 2 heterocycles. The molecule has 24 heavy (non-hydrogen) atoms. The number of benzene rings is 1. The number of amides is 1. The average molecular weight is 327 g/mol. The summed E-state index contributed by atoms with van der Waals surface area (Å²) in [4.78, 5) is 14.6. The molecule has 0 N–H and O–H groups in total. The first-order chi connectivity index (χ1) is 11.4. The van der Waals surface area contributed by atoms with E-state index in [-0.39, 0.29) is 23.2 Å². The summed E-state index contributed by atoms with van der Waals surface area (Å²) in [5.74, 6) is -0.160. The Morgan fingerprint density at radius 1 is 1.25 bits per heavy atom. The zero-order chi connectivity index (χ0) is 17.1. The van der Waals surface area contributed by atoms with Gasteiger partial charge < -0.3 is 4.90 Å². The predicted octanol–water partition coefficient (Wildman–Crippen LogP) is 3.67. The molecule has 0 bridgehead atoms. The molecule has 1 amide bonds. The van der Waals surface area contributed by atoms with Crippen molar-refractivity contribution in [3.63, 3.8) is 0 Å². The zero-order valence-corrected chi connectivity index (χ0v) is 14.3. The third-order valence-corrected chi connectivity index (χ3v) is 5.46. The van der Waals surface area contributed by atoms with Crippen molar-refractivity contribution in [1.82, 2.24) is 9.78 Å². The number of carbonyl (C=O) groups excluding carboxylic acids is 1. The van der Waals surface area contributed by atoms with Gasteiger partial charge >= 0.3 is 0 Å². The number of hydrogen-bond donors (Lipinski definition) is 0. The van der Waals surface area contributed by atoms with Crippen LogP contribution in [-0.4, -0.2) is 22.2 Å². The maximum Gasteiger partial charge on any atom is 0.251 e. The molecule has 126 valence electrons. The molecule has 0 radical (unpaired) electrons. The number of nitrogens with zero attached hydrogens (tertiary/aromatic N) is 3. The fourth-order valence-electron chi connectivity index (χ4n) is 3.52. The lowest BCUT2D eigenvalue weighted by Gasteiger charge is -2.18. The molecule has 2 aromatic rings. The van der Waals surface area contributed by atoms with Crippen molar-refractivity contribution in [2.45, 2.75) is 51.5 Å². The minimum Gasteiger partial charge on any atom is -0.310 e. The van der Waals surface area contributed by atoms with Crippen molar-refractivity contribution in [2.24, 2.45) is 0 Å². The van der Waals surface area contributed by atoms with E-state index in [1.807, 2.05) is 16.9 Å². The highest BCUT2D eigenvalue weighted by Gasteiger charge is 2.42. The van der Waals surface area contributed by atoms with Gasteiger partial charge in [-0.3, -0.25) is 9.48 Å². The fraction of sp³-hybridized carbons (Fsp3) is 0.474. The Balaban J connectivity index is 1.59. The monoisotopic (exact) mass is 327 g/mol. The minimum atomic E-state index is -0.258. The Hall–Kier alpha value is -2.17. The van der Waals surface area contributed by atoms with Gasteiger partial charge in [0.1, 0.15) is 11.9 Å². The van der Waals surface area contributed by atoms with Crippen molar-refractivity contribution in [3.8, 4) is 0 Å². The average Bonchev–Trinajstić information content (AvgIpc) is 2.98. The van der Waals surface area contributed by atoms with Gasteiger partial charge in [-0.2, -0.15) is 5.10 Å². The minimum absolute atomic E-state index is 0.0380. The molecule has 1 atom stereocenters. The van der Waals surface area contributed by atoms with Crippen LogP contribution in [0.15, 0.2) is 24.4 Å². The van der Waals surface area contributed by atoms with E-state index in [1.165, 1.54) is 12.8 Å². The summed E-state index contributed by atoms with van der Waals surface area (Å²) in [5, 5.41) is 4.66. The Morgan fingerprint density at radius 2 is 1.92 bits per heavy atom. The Morgan fingerprint density at radius 3 is 2.54 bits per heavy atom. The Bertz CT molecular complexity index is 799. The molecule has 2 fully saturated rings. The van der Waals surface area contributed by atoms with Crippen LogP contribution in [-0.2, 0) is 10.2 Å². The van der Waals surface area contributed by atoms with Crippen molar-refractivity contribution >= 4 is 11.6 Å². The van der Waals surface area contributed by atoms with E-state index in [9.17, 15) is 9.18 Å². The SMILES string of the molecule is Cc1cc(N2CCC(n3ccc(C4(C)CC4)n3)C2=O)cc(C)c1F. The lowest BCUT2D eigenvalue weighted by Crippen LogP contribution is -2.28. The van der Waals surface area contributed by atoms with Gasteiger partial charge in [0.15, 0.2) is 0 Å². The first kappa shape index (κ1) is 15.4. The summed E-state index contributed by atoms with van der Waals surface area (Å²) in [5.41, 5.74) is 3.22. The maximum absolute atomic E-state index is 13.8. The Labute approximate surface area is 141 Å². The third-order valence-electron chi connectivity index (χ3n) is 5.46. The highest BCUT2D eigenvalue weighted by atomic mass is 19.1. The Kier molecular flexibility index (Phi) is 3.31. The van der Waals surface area contributed by atoms with Crippen LogP contribution in [0.25, 0.3) is 0 Å². The summed E-state index contributed by atoms with van der Waals surface area (Å²) < 4.78 is 15.6. The maximum atomic E-state index is 13.8. The third kappa shape index (κ3) is 2.34. The molecule has 1 aromatic heterocycles. The lowest BCUT2D eigenvalue weighted by atomic mass is 10.1. The molecular weight excluding hydrogens is 305 g/mol. The molecule has 1 aromatic carbocycles. The summed E-state index contributed by atoms with van der Waals surface area (Å²) in [6, 6.07) is 5.28. The number of halogens is 1. The van der Waals surface area contributed by atoms with Gasteiger partial charge in [-0.05, 0) is 62.4 Å². The second-order valence-electron chi connectivity index (χ2n) is 7.43. The van der Waals surface area contributed by atoms with Crippen LogP contribution in [0.1, 0.15) is 49.0 Å². The molecule has 1 aliphatic heterocycles. The lowest BCUT2D eigenvalue weighted by molar-refractivity contribution is -0.120. The molecule has 1 unspecified atom stereocenters. The number of rotatable bonds is 3. The number of carbonyl (C=O) groups is 1. The molecule has 2 aliphatic rings. The number of aryl methyl sites for hydroxylation is 2. The summed E-state index contributed by atoms with van der Waals surface area (Å²) >= 11 is 0. The molecule has 4 nitrogen and oxygen atoms in total. The highest BCUT2D eigenvalue weighted by molar-refractivity contribution is 5.98. The first-order valence-corrected chi connectivity index (χ1v) is 8.53. The van der Waals surface area contributed by atoms with Gasteiger partial charge in [-0.15, -0.1) is 0 Å². The molecule has 5 heteroatoms. The van der Waals surface area contributed by atoms with Crippen LogP contribution < -0.4 is 4.90 Å². The highest BCUT2D eigenvalue weighted by Crippen LogP contribution is 2.46. The predicted molar refractivity (Wildman–Crippen MR) is 90.7 cm³/mol. The van der Waals surface area contributed by atoms with E-state index in [1.54, 1.807) is 30.9 Å². The summed E-state index contributed by atoms with van der Waals surface area (Å²) in [6.07, 6.45) is 4.99. The molecule has 0 spiro atoms. The second-order valence-corrected chi connectivity index (χ2v) is 7.43. The van der Waals surface area contributed by atoms with E-state index >= 15 is 0 Å². The fourth-order valence-corrected chi connectivity index (χ4v) is 3.52. The molecule has 1 saturated carbocycles. The van der Waals surface area contributed by atoms with Crippen LogP contribution in [0.5, 0.6) is 0 Å². The number of anilines is 1. The molecule has 1 saturated heterocycles. The van der Waals surface area contributed by atoms with Crippen molar-refractivity contribution in [3.05, 3.63) is 47.0 Å². The van der Waals surface area contributed by atoms with Crippen LogP contribution >= 0.6 is 0 Å². The van der Waals surface area contributed by atoms with Gasteiger partial charge in [-0.25, -0.2) is 4.39 Å². The molecule has 4 rings (SSSR count). The number of hydrogen-bond acceptors (Lipinski definition) is 2. The summed E-state index contributed by atoms with van der Waals surface area (Å²) in [7, 11) is 0. The largest absolute Gasteiger partial charge is 0.310 e. The van der Waals surface area contributed by atoms with Crippen LogP contribution in [0, 0.1) is 19.7 Å². The normalized spacial score (nSPS) is 22.2. The van der Waals surface area contributed by atoms with E-state index in [0.717, 1.165) is 17.8 Å². The van der Waals surface area contributed by atoms with Gasteiger partial charge in [0.25, 0.3) is 5.91 Å². The molecule has 1 aliphatic carbocycles. The van der Waals surface area contributed by atoms with E-state index in [0.29, 0.717) is 17.7 Å². The van der Waals surface area contributed by atoms with Gasteiger partial charge in [0.2, 0.25) is 0 Å². The number of aromatic nitrogens is 2. The van der Waals surface area contributed by atoms with E-state index in [4.69, 9.17) is 0 Å². The standard InChI is InChI=1S/C19H22FN3O/c1-12-10-14(11-13(2)17(12)20)22-8-4-15(18(22)24)23-9-5-16(21-23)19(3)6-7-19/h5,9-11,15H,4,6-8H2,1-3H3. The van der Waals surface area contributed by atoms with Crippen molar-refractivity contribution in [2.75, 3.05) is 11.4 Å². The second kappa shape index (κ2) is 5.16. The van der Waals surface area contributed by atoms with Crippen LogP contribution in [0.3, 0.4) is 0 Å². The van der Waals surface area contributed by atoms with Crippen LogP contribution in [0.2, 0.25) is 0 Å². The van der Waals surface area contributed by atoms with E-state index < -0.39 is 0 Å². The van der Waals surface area contributed by atoms with Gasteiger partial charge in [-0.1, -0.05) is 6.92 Å². The molecular formula is C19H22FN3O. The zero-order valence-electron chi connectivity index (χ0n) is 14.3. The topological polar surface area (TPSA) is 38.1 Å². The van der Waals surface area contributed by atoms with Crippen LogP contribution in [0.4, 0.5) is 10.1 Å².